The van der Waals surface area contributed by atoms with E-state index in [9.17, 15) is 18.0 Å². The molecule has 2 rings (SSSR count). The van der Waals surface area contributed by atoms with Crippen molar-refractivity contribution in [3.63, 3.8) is 0 Å². The number of halogens is 4. The number of hydrogen-bond acceptors (Lipinski definition) is 3. The molecule has 0 bridgehead atoms. The number of carbonyl (C=O) groups excluding carboxylic acids is 1. The van der Waals surface area contributed by atoms with E-state index in [1.165, 1.54) is 12.1 Å². The Kier molecular flexibility index (Phi) is 7.25. The van der Waals surface area contributed by atoms with Crippen LogP contribution in [-0.2, 0) is 28.7 Å². The Balaban J connectivity index is 0.00000288. The van der Waals surface area contributed by atoms with Crippen molar-refractivity contribution in [3.05, 3.63) is 71.3 Å². The first-order valence-corrected chi connectivity index (χ1v) is 6.98. The van der Waals surface area contributed by atoms with Crippen LogP contribution in [-0.4, -0.2) is 12.0 Å². The first-order chi connectivity index (χ1) is 10.9. The summed E-state index contributed by atoms with van der Waals surface area (Å²) in [5.41, 5.74) is 6.10. The molecule has 0 saturated carbocycles. The summed E-state index contributed by atoms with van der Waals surface area (Å²) < 4.78 is 43.0. The number of nitrogens with two attached hydrogens (primary N) is 1. The molecule has 0 aliphatic carbocycles. The summed E-state index contributed by atoms with van der Waals surface area (Å²) in [6.07, 6.45) is -4.44. The van der Waals surface area contributed by atoms with Crippen molar-refractivity contribution in [1.29, 1.82) is 0 Å². The Morgan fingerprint density at radius 3 is 2.29 bits per heavy atom. The van der Waals surface area contributed by atoms with Crippen LogP contribution >= 0.6 is 12.4 Å². The summed E-state index contributed by atoms with van der Waals surface area (Å²) in [7, 11) is 0. The van der Waals surface area contributed by atoms with Crippen molar-refractivity contribution in [2.24, 2.45) is 5.73 Å². The topological polar surface area (TPSA) is 52.3 Å². The molecule has 0 aliphatic rings. The predicted molar refractivity (Wildman–Crippen MR) is 86.6 cm³/mol. The van der Waals surface area contributed by atoms with Gasteiger partial charge in [0.15, 0.2) is 0 Å². The van der Waals surface area contributed by atoms with E-state index in [4.69, 9.17) is 10.5 Å². The third kappa shape index (κ3) is 5.86. The minimum Gasteiger partial charge on any atom is -0.460 e. The second-order valence-electron chi connectivity index (χ2n) is 5.10. The lowest BCUT2D eigenvalue weighted by atomic mass is 10.0. The van der Waals surface area contributed by atoms with Gasteiger partial charge >= 0.3 is 12.1 Å². The fraction of sp³-hybridized carbons (Fsp3) is 0.235. The normalized spacial score (nSPS) is 12.2. The average molecular weight is 360 g/mol. The van der Waals surface area contributed by atoms with Crippen LogP contribution in [0.3, 0.4) is 0 Å². The molecule has 0 spiro atoms. The third-order valence-electron chi connectivity index (χ3n) is 3.24. The minimum absolute atomic E-state index is 0. The zero-order valence-electron chi connectivity index (χ0n) is 12.6. The molecule has 0 aliphatic heterocycles. The highest BCUT2D eigenvalue weighted by atomic mass is 35.5. The van der Waals surface area contributed by atoms with Gasteiger partial charge in [-0.2, -0.15) is 13.2 Å². The fourth-order valence-corrected chi connectivity index (χ4v) is 2.05. The molecule has 130 valence electrons. The maximum absolute atomic E-state index is 12.6. The van der Waals surface area contributed by atoms with E-state index in [1.54, 1.807) is 12.1 Å². The van der Waals surface area contributed by atoms with E-state index >= 15 is 0 Å². The van der Waals surface area contributed by atoms with Crippen LogP contribution in [0, 0.1) is 0 Å². The number of rotatable bonds is 5. The predicted octanol–water partition coefficient (Wildman–Crippen LogP) is 3.74. The molecule has 0 amide bonds. The monoisotopic (exact) mass is 359 g/mol. The lowest BCUT2D eigenvalue weighted by Gasteiger charge is -2.13. The highest BCUT2D eigenvalue weighted by molar-refractivity contribution is 5.85. The van der Waals surface area contributed by atoms with Crippen molar-refractivity contribution in [2.45, 2.75) is 25.2 Å². The lowest BCUT2D eigenvalue weighted by molar-refractivity contribution is -0.146. The van der Waals surface area contributed by atoms with Gasteiger partial charge in [0.25, 0.3) is 0 Å². The van der Waals surface area contributed by atoms with Gasteiger partial charge in [-0.3, -0.25) is 4.79 Å². The van der Waals surface area contributed by atoms with Gasteiger partial charge in [-0.1, -0.05) is 48.5 Å². The number of ether oxygens (including phenoxy) is 1. The standard InChI is InChI=1S/C17H16F3NO2.ClH/c18-17(19,20)14-8-4-7-13(9-14)10-15(21)16(22)23-11-12-5-2-1-3-6-12;/h1-9,15H,10-11,21H2;1H/t15-;/m0./s1. The van der Waals surface area contributed by atoms with Crippen LogP contribution in [0.1, 0.15) is 16.7 Å². The largest absolute Gasteiger partial charge is 0.460 e. The third-order valence-corrected chi connectivity index (χ3v) is 3.24. The number of alkyl halides is 3. The van der Waals surface area contributed by atoms with E-state index in [1.807, 2.05) is 18.2 Å². The molecule has 0 heterocycles. The first-order valence-electron chi connectivity index (χ1n) is 6.98. The zero-order chi connectivity index (χ0) is 16.9. The second-order valence-corrected chi connectivity index (χ2v) is 5.10. The van der Waals surface area contributed by atoms with Gasteiger partial charge in [-0.25, -0.2) is 0 Å². The van der Waals surface area contributed by atoms with Crippen LogP contribution in [0.25, 0.3) is 0 Å². The average Bonchev–Trinajstić information content (AvgIpc) is 2.53. The highest BCUT2D eigenvalue weighted by Crippen LogP contribution is 2.29. The molecule has 24 heavy (non-hydrogen) atoms. The van der Waals surface area contributed by atoms with Crippen molar-refractivity contribution >= 4 is 18.4 Å². The van der Waals surface area contributed by atoms with Crippen molar-refractivity contribution in [1.82, 2.24) is 0 Å². The number of carbonyl (C=O) groups is 1. The molecule has 0 aromatic heterocycles. The SMILES string of the molecule is Cl.N[C@@H](Cc1cccc(C(F)(F)F)c1)C(=O)OCc1ccccc1. The summed E-state index contributed by atoms with van der Waals surface area (Å²) in [6.45, 7) is 0.0793. The highest BCUT2D eigenvalue weighted by Gasteiger charge is 2.30. The van der Waals surface area contributed by atoms with E-state index in [0.717, 1.165) is 17.7 Å². The lowest BCUT2D eigenvalue weighted by Crippen LogP contribution is -2.34. The van der Waals surface area contributed by atoms with Crippen LogP contribution in [0.4, 0.5) is 13.2 Å². The molecule has 0 saturated heterocycles. The molecule has 0 unspecified atom stereocenters. The molecule has 7 heteroatoms. The van der Waals surface area contributed by atoms with Crippen molar-refractivity contribution in [2.75, 3.05) is 0 Å². The van der Waals surface area contributed by atoms with Crippen LogP contribution in [0.15, 0.2) is 54.6 Å². The van der Waals surface area contributed by atoms with Gasteiger partial charge in [0.1, 0.15) is 12.6 Å². The number of benzene rings is 2. The van der Waals surface area contributed by atoms with Gasteiger partial charge in [0.2, 0.25) is 0 Å². The van der Waals surface area contributed by atoms with Gasteiger partial charge in [-0.05, 0) is 23.6 Å². The minimum atomic E-state index is -4.42. The number of esters is 1. The molecule has 2 aromatic rings. The second kappa shape index (κ2) is 8.70. The molecular formula is C17H17ClF3NO2. The van der Waals surface area contributed by atoms with E-state index in [0.29, 0.717) is 5.56 Å². The quantitative estimate of drug-likeness (QED) is 0.827. The Morgan fingerprint density at radius 2 is 1.67 bits per heavy atom. The van der Waals surface area contributed by atoms with E-state index in [2.05, 4.69) is 0 Å². The summed E-state index contributed by atoms with van der Waals surface area (Å²) >= 11 is 0. The zero-order valence-corrected chi connectivity index (χ0v) is 13.4. The Hall–Kier alpha value is -2.05. The first kappa shape index (κ1) is 20.0. The molecule has 0 fully saturated rings. The molecule has 2 aromatic carbocycles. The molecule has 0 radical (unpaired) electrons. The summed E-state index contributed by atoms with van der Waals surface area (Å²) in [4.78, 5) is 11.8. The molecule has 3 nitrogen and oxygen atoms in total. The van der Waals surface area contributed by atoms with Gasteiger partial charge in [-0.15, -0.1) is 12.4 Å². The van der Waals surface area contributed by atoms with Gasteiger partial charge in [0, 0.05) is 0 Å². The molecular weight excluding hydrogens is 343 g/mol. The summed E-state index contributed by atoms with van der Waals surface area (Å²) in [6, 6.07) is 12.8. The van der Waals surface area contributed by atoms with Crippen molar-refractivity contribution in [3.8, 4) is 0 Å². The molecule has 2 N–H and O–H groups in total. The van der Waals surface area contributed by atoms with Crippen LogP contribution in [0.5, 0.6) is 0 Å². The molecule has 1 atom stereocenters. The Bertz CT molecular complexity index is 662. The Morgan fingerprint density at radius 1 is 1.04 bits per heavy atom. The number of hydrogen-bond donors (Lipinski definition) is 1. The summed E-state index contributed by atoms with van der Waals surface area (Å²) in [5, 5.41) is 0. The van der Waals surface area contributed by atoms with Gasteiger partial charge in [0.05, 0.1) is 5.56 Å². The fourth-order valence-electron chi connectivity index (χ4n) is 2.05. The Labute approximate surface area is 144 Å². The van der Waals surface area contributed by atoms with Gasteiger partial charge < -0.3 is 10.5 Å². The summed E-state index contributed by atoms with van der Waals surface area (Å²) in [5.74, 6) is -0.647. The van der Waals surface area contributed by atoms with Crippen molar-refractivity contribution < 1.29 is 22.7 Å². The maximum atomic E-state index is 12.6. The van der Waals surface area contributed by atoms with Crippen LogP contribution in [0.2, 0.25) is 0 Å². The smallest absolute Gasteiger partial charge is 0.416 e. The van der Waals surface area contributed by atoms with E-state index < -0.39 is 23.8 Å². The maximum Gasteiger partial charge on any atom is 0.416 e. The van der Waals surface area contributed by atoms with E-state index in [-0.39, 0.29) is 25.4 Å². The van der Waals surface area contributed by atoms with Crippen LogP contribution < -0.4 is 5.73 Å².